The van der Waals surface area contributed by atoms with Gasteiger partial charge in [0, 0.05) is 24.7 Å². The number of rotatable bonds is 3. The number of carbonyl (C=O) groups is 3. The minimum atomic E-state index is -0.739. The Bertz CT molecular complexity index is 404. The molecule has 5 heteroatoms. The number of hydrogen-bond donors (Lipinski definition) is 2. The van der Waals surface area contributed by atoms with Crippen LogP contribution in [-0.4, -0.2) is 28.8 Å². The van der Waals surface area contributed by atoms with Crippen molar-refractivity contribution in [3.63, 3.8) is 0 Å². The van der Waals surface area contributed by atoms with E-state index in [4.69, 9.17) is 0 Å². The molecule has 1 saturated heterocycles. The lowest BCUT2D eigenvalue weighted by Gasteiger charge is -2.34. The number of Topliss-reactive ketones (excluding diaryl/α,β-unsaturated/α-hetero) is 1. The van der Waals surface area contributed by atoms with E-state index in [1.165, 1.54) is 0 Å². The maximum Gasteiger partial charge on any atom is 0.226 e. The number of ketones is 1. The molecular weight excluding hydrogens is 258 g/mol. The highest BCUT2D eigenvalue weighted by Gasteiger charge is 2.38. The zero-order chi connectivity index (χ0) is 14.9. The van der Waals surface area contributed by atoms with Crippen LogP contribution in [0.5, 0.6) is 0 Å². The van der Waals surface area contributed by atoms with E-state index in [2.05, 4.69) is 12.2 Å². The van der Waals surface area contributed by atoms with Gasteiger partial charge in [-0.2, -0.15) is 0 Å². The maximum atomic E-state index is 12.2. The SMILES string of the molecule is C[C@H]1C[C@@H](C(O)CC2CC(=O)NC(=O)C2)C(=O)[C@@H](C)C1. The Morgan fingerprint density at radius 1 is 1.15 bits per heavy atom. The molecule has 0 bridgehead atoms. The van der Waals surface area contributed by atoms with Crippen LogP contribution < -0.4 is 5.32 Å². The van der Waals surface area contributed by atoms with E-state index in [-0.39, 0.29) is 48.2 Å². The smallest absolute Gasteiger partial charge is 0.226 e. The van der Waals surface area contributed by atoms with Gasteiger partial charge in [0.05, 0.1) is 6.10 Å². The van der Waals surface area contributed by atoms with Crippen molar-refractivity contribution in [3.05, 3.63) is 0 Å². The van der Waals surface area contributed by atoms with Crippen LogP contribution in [-0.2, 0) is 14.4 Å². The van der Waals surface area contributed by atoms with E-state index in [0.29, 0.717) is 18.8 Å². The molecule has 4 atom stereocenters. The molecule has 1 heterocycles. The van der Waals surface area contributed by atoms with Crippen LogP contribution in [0.25, 0.3) is 0 Å². The summed E-state index contributed by atoms with van der Waals surface area (Å²) in [6, 6.07) is 0. The standard InChI is InChI=1S/C15H23NO4/c1-8-3-9(2)15(20)11(4-8)12(17)5-10-6-13(18)16-14(19)7-10/h8-12,17H,3-7H2,1-2H3,(H,16,18,19)/t8-,9+,11+,12?/m1/s1. The van der Waals surface area contributed by atoms with Crippen molar-refractivity contribution >= 4 is 17.6 Å². The predicted octanol–water partition coefficient (Wildman–Crippen LogP) is 1.04. The summed E-state index contributed by atoms with van der Waals surface area (Å²) in [6.07, 6.45) is 1.72. The molecule has 112 valence electrons. The number of aliphatic hydroxyl groups excluding tert-OH is 1. The Labute approximate surface area is 119 Å². The predicted molar refractivity (Wildman–Crippen MR) is 72.6 cm³/mol. The Hall–Kier alpha value is -1.23. The van der Waals surface area contributed by atoms with Crippen LogP contribution in [0, 0.1) is 23.7 Å². The highest BCUT2D eigenvalue weighted by Crippen LogP contribution is 2.34. The van der Waals surface area contributed by atoms with Crippen molar-refractivity contribution in [2.24, 2.45) is 23.7 Å². The van der Waals surface area contributed by atoms with Gasteiger partial charge < -0.3 is 5.11 Å². The number of nitrogens with one attached hydrogen (secondary N) is 1. The molecule has 0 aromatic carbocycles. The van der Waals surface area contributed by atoms with E-state index < -0.39 is 6.10 Å². The molecule has 2 fully saturated rings. The van der Waals surface area contributed by atoms with E-state index in [0.717, 1.165) is 6.42 Å². The number of piperidine rings is 1. The van der Waals surface area contributed by atoms with Gasteiger partial charge in [-0.3, -0.25) is 19.7 Å². The molecule has 5 nitrogen and oxygen atoms in total. The van der Waals surface area contributed by atoms with Crippen LogP contribution >= 0.6 is 0 Å². The average molecular weight is 281 g/mol. The minimum absolute atomic E-state index is 0.00492. The first-order chi connectivity index (χ1) is 9.36. The molecule has 2 rings (SSSR count). The van der Waals surface area contributed by atoms with Crippen LogP contribution in [0.2, 0.25) is 0 Å². The number of aliphatic hydroxyl groups is 1. The van der Waals surface area contributed by atoms with Crippen LogP contribution in [0.1, 0.15) is 46.0 Å². The van der Waals surface area contributed by atoms with E-state index in [1.807, 2.05) is 6.92 Å². The normalized spacial score (nSPS) is 34.0. The summed E-state index contributed by atoms with van der Waals surface area (Å²) < 4.78 is 0. The van der Waals surface area contributed by atoms with Crippen molar-refractivity contribution < 1.29 is 19.5 Å². The zero-order valence-electron chi connectivity index (χ0n) is 12.1. The van der Waals surface area contributed by atoms with Crippen molar-refractivity contribution in [3.8, 4) is 0 Å². The third-order valence-electron chi connectivity index (χ3n) is 4.53. The van der Waals surface area contributed by atoms with E-state index in [9.17, 15) is 19.5 Å². The van der Waals surface area contributed by atoms with Gasteiger partial charge in [-0.05, 0) is 31.1 Å². The van der Waals surface area contributed by atoms with Gasteiger partial charge in [0.2, 0.25) is 11.8 Å². The molecular formula is C15H23NO4. The molecule has 2 aliphatic rings. The summed E-state index contributed by atoms with van der Waals surface area (Å²) in [4.78, 5) is 34.8. The third-order valence-corrected chi connectivity index (χ3v) is 4.53. The number of amides is 2. The van der Waals surface area contributed by atoms with E-state index >= 15 is 0 Å². The highest BCUT2D eigenvalue weighted by atomic mass is 16.3. The van der Waals surface area contributed by atoms with Gasteiger partial charge >= 0.3 is 0 Å². The Morgan fingerprint density at radius 3 is 2.35 bits per heavy atom. The molecule has 2 amide bonds. The van der Waals surface area contributed by atoms with Crippen LogP contribution in [0.15, 0.2) is 0 Å². The molecule has 2 N–H and O–H groups in total. The fraction of sp³-hybridized carbons (Fsp3) is 0.800. The molecule has 0 aromatic rings. The lowest BCUT2D eigenvalue weighted by Crippen LogP contribution is -2.42. The lowest BCUT2D eigenvalue weighted by atomic mass is 9.71. The lowest BCUT2D eigenvalue weighted by molar-refractivity contribution is -0.136. The summed E-state index contributed by atoms with van der Waals surface area (Å²) in [5, 5.41) is 12.6. The van der Waals surface area contributed by atoms with Crippen molar-refractivity contribution in [2.75, 3.05) is 0 Å². The molecule has 0 aromatic heterocycles. The van der Waals surface area contributed by atoms with Gasteiger partial charge in [-0.15, -0.1) is 0 Å². The zero-order valence-corrected chi connectivity index (χ0v) is 12.1. The third kappa shape index (κ3) is 3.45. The molecule has 0 radical (unpaired) electrons. The van der Waals surface area contributed by atoms with Gasteiger partial charge in [0.15, 0.2) is 0 Å². The van der Waals surface area contributed by atoms with Crippen molar-refractivity contribution in [1.82, 2.24) is 5.32 Å². The summed E-state index contributed by atoms with van der Waals surface area (Å²) in [6.45, 7) is 4.01. The summed E-state index contributed by atoms with van der Waals surface area (Å²) >= 11 is 0. The Kier molecular flexibility index (Phi) is 4.58. The van der Waals surface area contributed by atoms with Gasteiger partial charge in [0.1, 0.15) is 5.78 Å². The second kappa shape index (κ2) is 6.04. The average Bonchev–Trinajstić information content (AvgIpc) is 2.32. The molecule has 1 saturated carbocycles. The van der Waals surface area contributed by atoms with E-state index in [1.54, 1.807) is 0 Å². The first kappa shape index (κ1) is 15.2. The largest absolute Gasteiger partial charge is 0.392 e. The van der Waals surface area contributed by atoms with Gasteiger partial charge in [0.25, 0.3) is 0 Å². The Balaban J connectivity index is 1.96. The topological polar surface area (TPSA) is 83.5 Å². The van der Waals surface area contributed by atoms with Gasteiger partial charge in [-0.25, -0.2) is 0 Å². The molecule has 1 unspecified atom stereocenters. The fourth-order valence-electron chi connectivity index (χ4n) is 3.60. The minimum Gasteiger partial charge on any atom is -0.392 e. The monoisotopic (exact) mass is 281 g/mol. The molecule has 20 heavy (non-hydrogen) atoms. The quantitative estimate of drug-likeness (QED) is 0.757. The highest BCUT2D eigenvalue weighted by molar-refractivity contribution is 5.97. The first-order valence-electron chi connectivity index (χ1n) is 7.41. The van der Waals surface area contributed by atoms with Crippen LogP contribution in [0.4, 0.5) is 0 Å². The fourth-order valence-corrected chi connectivity index (χ4v) is 3.60. The van der Waals surface area contributed by atoms with Crippen molar-refractivity contribution in [1.29, 1.82) is 0 Å². The second-order valence-corrected chi connectivity index (χ2v) is 6.54. The van der Waals surface area contributed by atoms with Gasteiger partial charge in [-0.1, -0.05) is 13.8 Å². The molecule has 1 aliphatic heterocycles. The maximum absolute atomic E-state index is 12.2. The number of carbonyl (C=O) groups excluding carboxylic acids is 3. The summed E-state index contributed by atoms with van der Waals surface area (Å²) in [7, 11) is 0. The first-order valence-corrected chi connectivity index (χ1v) is 7.41. The molecule has 0 spiro atoms. The second-order valence-electron chi connectivity index (χ2n) is 6.54. The number of imide groups is 1. The summed E-state index contributed by atoms with van der Waals surface area (Å²) in [5.41, 5.74) is 0. The Morgan fingerprint density at radius 2 is 1.75 bits per heavy atom. The van der Waals surface area contributed by atoms with Crippen LogP contribution in [0.3, 0.4) is 0 Å². The molecule has 1 aliphatic carbocycles. The number of hydrogen-bond acceptors (Lipinski definition) is 4. The summed E-state index contributed by atoms with van der Waals surface area (Å²) in [5.74, 6) is -0.499. The van der Waals surface area contributed by atoms with Crippen molar-refractivity contribution in [2.45, 2.75) is 52.1 Å².